The number of hydrogen-bond acceptors (Lipinski definition) is 2. The Morgan fingerprint density at radius 2 is 1.93 bits per heavy atom. The Hall–Kier alpha value is -1.15. The minimum atomic E-state index is -0.948. The SMILES string of the molecule is COc1ccc(/C=C/C(=O)O)cc1.[Zn]. The molecule has 0 saturated heterocycles. The Morgan fingerprint density at radius 1 is 1.36 bits per heavy atom. The Bertz CT molecular complexity index is 317. The summed E-state index contributed by atoms with van der Waals surface area (Å²) in [5.74, 6) is -0.191. The van der Waals surface area contributed by atoms with Crippen LogP contribution in [0.3, 0.4) is 0 Å². The summed E-state index contributed by atoms with van der Waals surface area (Å²) in [6, 6.07) is 7.14. The van der Waals surface area contributed by atoms with Crippen LogP contribution >= 0.6 is 0 Å². The standard InChI is InChI=1S/C10H10O3.Zn/c1-13-9-5-2-8(3-6-9)4-7-10(11)12;/h2-7H,1H3,(H,11,12);/b7-4+;. The van der Waals surface area contributed by atoms with Gasteiger partial charge in [0.25, 0.3) is 0 Å². The Morgan fingerprint density at radius 3 is 2.36 bits per heavy atom. The van der Waals surface area contributed by atoms with Crippen LogP contribution in [0, 0.1) is 0 Å². The van der Waals surface area contributed by atoms with Gasteiger partial charge in [0.2, 0.25) is 0 Å². The van der Waals surface area contributed by atoms with Crippen LogP contribution in [0.5, 0.6) is 5.75 Å². The number of rotatable bonds is 3. The van der Waals surface area contributed by atoms with Crippen molar-refractivity contribution in [3.63, 3.8) is 0 Å². The maximum Gasteiger partial charge on any atom is 0.328 e. The molecule has 0 aliphatic carbocycles. The summed E-state index contributed by atoms with van der Waals surface area (Å²) in [5.41, 5.74) is 0.836. The zero-order valence-corrected chi connectivity index (χ0v) is 10.9. The molecule has 0 fully saturated rings. The predicted octanol–water partition coefficient (Wildman–Crippen LogP) is 1.79. The molecule has 1 N–H and O–H groups in total. The number of carbonyl (C=O) groups is 1. The maximum absolute atomic E-state index is 10.2. The number of benzene rings is 1. The van der Waals surface area contributed by atoms with Gasteiger partial charge in [-0.2, -0.15) is 0 Å². The van der Waals surface area contributed by atoms with Crippen LogP contribution in [0.2, 0.25) is 0 Å². The number of methoxy groups -OCH3 is 1. The molecule has 14 heavy (non-hydrogen) atoms. The molecule has 1 aromatic carbocycles. The topological polar surface area (TPSA) is 46.5 Å². The Balaban J connectivity index is 0.00000169. The third-order valence-electron chi connectivity index (χ3n) is 1.53. The minimum Gasteiger partial charge on any atom is -0.497 e. The summed E-state index contributed by atoms with van der Waals surface area (Å²) < 4.78 is 4.95. The second-order valence-electron chi connectivity index (χ2n) is 2.44. The van der Waals surface area contributed by atoms with Gasteiger partial charge in [-0.3, -0.25) is 0 Å². The van der Waals surface area contributed by atoms with Gasteiger partial charge in [0.1, 0.15) is 5.75 Å². The van der Waals surface area contributed by atoms with E-state index in [1.807, 2.05) is 0 Å². The summed E-state index contributed by atoms with van der Waals surface area (Å²) >= 11 is 0. The number of carboxylic acid groups (broad SMARTS) is 1. The maximum atomic E-state index is 10.2. The molecular weight excluding hydrogens is 233 g/mol. The van der Waals surface area contributed by atoms with Gasteiger partial charge in [0, 0.05) is 25.6 Å². The third-order valence-corrected chi connectivity index (χ3v) is 1.53. The molecule has 0 radical (unpaired) electrons. The van der Waals surface area contributed by atoms with E-state index in [-0.39, 0.29) is 19.5 Å². The number of hydrogen-bond donors (Lipinski definition) is 1. The van der Waals surface area contributed by atoms with Gasteiger partial charge >= 0.3 is 5.97 Å². The Labute approximate surface area is 95.2 Å². The van der Waals surface area contributed by atoms with Crippen molar-refractivity contribution in [3.8, 4) is 5.75 Å². The van der Waals surface area contributed by atoms with Crippen molar-refractivity contribution in [1.82, 2.24) is 0 Å². The molecule has 0 atom stereocenters. The third kappa shape index (κ3) is 4.19. The van der Waals surface area contributed by atoms with Crippen molar-refractivity contribution < 1.29 is 34.1 Å². The monoisotopic (exact) mass is 242 g/mol. The average Bonchev–Trinajstić information content (AvgIpc) is 2.15. The second kappa shape index (κ2) is 6.33. The van der Waals surface area contributed by atoms with E-state index in [1.165, 1.54) is 6.08 Å². The molecular formula is C10H10O3Zn. The molecule has 0 aliphatic rings. The summed E-state index contributed by atoms with van der Waals surface area (Å²) in [6.45, 7) is 0. The minimum absolute atomic E-state index is 0. The van der Waals surface area contributed by atoms with E-state index < -0.39 is 5.97 Å². The molecule has 3 nitrogen and oxygen atoms in total. The fourth-order valence-corrected chi connectivity index (χ4v) is 0.883. The van der Waals surface area contributed by atoms with Gasteiger partial charge in [-0.05, 0) is 23.8 Å². The van der Waals surface area contributed by atoms with Crippen LogP contribution < -0.4 is 4.74 Å². The van der Waals surface area contributed by atoms with Crippen molar-refractivity contribution >= 4 is 12.0 Å². The Kier molecular flexibility index (Phi) is 5.81. The largest absolute Gasteiger partial charge is 0.497 e. The van der Waals surface area contributed by atoms with Gasteiger partial charge in [-0.25, -0.2) is 4.79 Å². The average molecular weight is 244 g/mol. The van der Waals surface area contributed by atoms with Crippen LogP contribution in [0.1, 0.15) is 5.56 Å². The van der Waals surface area contributed by atoms with Crippen LogP contribution in [0.15, 0.2) is 30.3 Å². The summed E-state index contributed by atoms with van der Waals surface area (Å²) in [5, 5.41) is 8.36. The summed E-state index contributed by atoms with van der Waals surface area (Å²) in [4.78, 5) is 10.2. The fraction of sp³-hybridized carbons (Fsp3) is 0.100. The van der Waals surface area contributed by atoms with Crippen molar-refractivity contribution in [3.05, 3.63) is 35.9 Å². The number of ether oxygens (including phenoxy) is 1. The van der Waals surface area contributed by atoms with Crippen LogP contribution in [0.25, 0.3) is 6.08 Å². The van der Waals surface area contributed by atoms with Gasteiger partial charge in [0.05, 0.1) is 7.11 Å². The fourth-order valence-electron chi connectivity index (χ4n) is 0.883. The number of aliphatic carboxylic acids is 1. The quantitative estimate of drug-likeness (QED) is 0.650. The van der Waals surface area contributed by atoms with E-state index in [0.717, 1.165) is 17.4 Å². The van der Waals surface area contributed by atoms with E-state index in [0.29, 0.717) is 0 Å². The molecule has 0 unspecified atom stereocenters. The molecule has 0 aromatic heterocycles. The molecule has 1 rings (SSSR count). The second-order valence-corrected chi connectivity index (χ2v) is 2.44. The zero-order chi connectivity index (χ0) is 9.68. The molecule has 1 aromatic rings. The van der Waals surface area contributed by atoms with Gasteiger partial charge in [0.15, 0.2) is 0 Å². The van der Waals surface area contributed by atoms with Crippen LogP contribution in [-0.4, -0.2) is 18.2 Å². The molecule has 0 bridgehead atoms. The van der Waals surface area contributed by atoms with Crippen LogP contribution in [0.4, 0.5) is 0 Å². The number of carboxylic acids is 1. The first-order chi connectivity index (χ1) is 6.22. The van der Waals surface area contributed by atoms with Gasteiger partial charge < -0.3 is 9.84 Å². The van der Waals surface area contributed by atoms with E-state index in [1.54, 1.807) is 31.4 Å². The first-order valence-corrected chi connectivity index (χ1v) is 3.77. The van der Waals surface area contributed by atoms with Crippen molar-refractivity contribution in [1.29, 1.82) is 0 Å². The normalized spacial score (nSPS) is 9.50. The van der Waals surface area contributed by atoms with E-state index in [4.69, 9.17) is 9.84 Å². The van der Waals surface area contributed by atoms with Crippen molar-refractivity contribution in [2.75, 3.05) is 7.11 Å². The smallest absolute Gasteiger partial charge is 0.328 e. The molecule has 0 spiro atoms. The van der Waals surface area contributed by atoms with Crippen molar-refractivity contribution in [2.45, 2.75) is 0 Å². The summed E-state index contributed by atoms with van der Waals surface area (Å²) in [6.07, 6.45) is 2.63. The van der Waals surface area contributed by atoms with Crippen LogP contribution in [-0.2, 0) is 24.3 Å². The first-order valence-electron chi connectivity index (χ1n) is 3.77. The summed E-state index contributed by atoms with van der Waals surface area (Å²) in [7, 11) is 1.59. The molecule has 0 saturated carbocycles. The molecule has 0 aliphatic heterocycles. The molecule has 0 amide bonds. The first kappa shape index (κ1) is 12.9. The predicted molar refractivity (Wildman–Crippen MR) is 49.7 cm³/mol. The molecule has 0 heterocycles. The van der Waals surface area contributed by atoms with Gasteiger partial charge in [-0.1, -0.05) is 12.1 Å². The molecule has 4 heteroatoms. The molecule has 70 valence electrons. The van der Waals surface area contributed by atoms with E-state index >= 15 is 0 Å². The zero-order valence-electron chi connectivity index (χ0n) is 7.93. The van der Waals surface area contributed by atoms with Gasteiger partial charge in [-0.15, -0.1) is 0 Å². The van der Waals surface area contributed by atoms with Crippen molar-refractivity contribution in [2.24, 2.45) is 0 Å². The van der Waals surface area contributed by atoms with E-state index in [2.05, 4.69) is 0 Å². The van der Waals surface area contributed by atoms with E-state index in [9.17, 15) is 4.79 Å².